The average molecular weight is 365 g/mol. The Morgan fingerprint density at radius 1 is 1.23 bits per heavy atom. The van der Waals surface area contributed by atoms with Crippen LogP contribution in [0, 0.1) is 5.82 Å². The van der Waals surface area contributed by atoms with Gasteiger partial charge in [-0.25, -0.2) is 9.18 Å². The summed E-state index contributed by atoms with van der Waals surface area (Å²) in [6.45, 7) is 4.33. The molecule has 26 heavy (non-hydrogen) atoms. The van der Waals surface area contributed by atoms with Crippen LogP contribution in [0.5, 0.6) is 0 Å². The molecule has 7 nitrogen and oxygen atoms in total. The summed E-state index contributed by atoms with van der Waals surface area (Å²) >= 11 is 0. The average Bonchev–Trinajstić information content (AvgIpc) is 2.61. The second-order valence-electron chi connectivity index (χ2n) is 6.11. The lowest BCUT2D eigenvalue weighted by Crippen LogP contribution is -2.49. The van der Waals surface area contributed by atoms with E-state index in [1.807, 2.05) is 0 Å². The molecule has 8 heteroatoms. The third kappa shape index (κ3) is 5.44. The lowest BCUT2D eigenvalue weighted by Gasteiger charge is -2.32. The first-order valence-corrected chi connectivity index (χ1v) is 8.65. The van der Waals surface area contributed by atoms with E-state index < -0.39 is 5.82 Å². The number of likely N-dealkylation sites (tertiary alicyclic amines) is 1. The van der Waals surface area contributed by atoms with E-state index in [0.717, 1.165) is 0 Å². The van der Waals surface area contributed by atoms with Crippen LogP contribution in [0.4, 0.5) is 14.9 Å². The van der Waals surface area contributed by atoms with Crippen LogP contribution >= 0.6 is 0 Å². The molecule has 0 aliphatic carbocycles. The molecule has 0 bridgehead atoms. The summed E-state index contributed by atoms with van der Waals surface area (Å²) in [4.78, 5) is 38.7. The van der Waals surface area contributed by atoms with Gasteiger partial charge in [-0.05, 0) is 44.0 Å². The van der Waals surface area contributed by atoms with Gasteiger partial charge in [0.05, 0.1) is 6.61 Å². The van der Waals surface area contributed by atoms with Crippen LogP contribution in [0.15, 0.2) is 24.3 Å². The van der Waals surface area contributed by atoms with Gasteiger partial charge in [0.2, 0.25) is 11.8 Å². The second-order valence-corrected chi connectivity index (χ2v) is 6.11. The van der Waals surface area contributed by atoms with Crippen LogP contribution in [0.1, 0.15) is 26.7 Å². The Labute approximate surface area is 152 Å². The van der Waals surface area contributed by atoms with Crippen molar-refractivity contribution in [1.29, 1.82) is 0 Å². The van der Waals surface area contributed by atoms with Gasteiger partial charge >= 0.3 is 6.09 Å². The predicted octanol–water partition coefficient (Wildman–Crippen LogP) is 1.92. The summed E-state index contributed by atoms with van der Waals surface area (Å²) < 4.78 is 18.0. The zero-order valence-electron chi connectivity index (χ0n) is 15.0. The highest BCUT2D eigenvalue weighted by Gasteiger charge is 2.25. The first kappa shape index (κ1) is 19.7. The number of nitrogens with one attached hydrogen (secondary N) is 1. The van der Waals surface area contributed by atoms with Gasteiger partial charge in [-0.2, -0.15) is 0 Å². The number of carbonyl (C=O) groups excluding carboxylic acids is 3. The standard InChI is InChI=1S/C18H24FN3O4/c1-3-26-18(25)21-10-8-15(9-11-21)20-17(24)12-22(13(2)23)16-6-4-14(19)5-7-16/h4-7,15H,3,8-12H2,1-2H3,(H,20,24). The molecule has 1 heterocycles. The molecule has 0 unspecified atom stereocenters. The Morgan fingerprint density at radius 3 is 2.38 bits per heavy atom. The minimum absolute atomic E-state index is 0.0600. The van der Waals surface area contributed by atoms with Crippen molar-refractivity contribution < 1.29 is 23.5 Å². The van der Waals surface area contributed by atoms with Crippen LogP contribution in [0.25, 0.3) is 0 Å². The molecule has 0 saturated carbocycles. The van der Waals surface area contributed by atoms with Gasteiger partial charge in [-0.15, -0.1) is 0 Å². The Kier molecular flexibility index (Phi) is 6.94. The third-order valence-corrected chi connectivity index (χ3v) is 4.21. The molecular weight excluding hydrogens is 341 g/mol. The summed E-state index contributed by atoms with van der Waals surface area (Å²) in [7, 11) is 0. The third-order valence-electron chi connectivity index (χ3n) is 4.21. The fourth-order valence-electron chi connectivity index (χ4n) is 2.84. The molecule has 1 saturated heterocycles. The molecule has 0 radical (unpaired) electrons. The van der Waals surface area contributed by atoms with Crippen LogP contribution in [0.2, 0.25) is 0 Å². The first-order valence-electron chi connectivity index (χ1n) is 8.65. The zero-order chi connectivity index (χ0) is 19.1. The molecule has 1 fully saturated rings. The minimum atomic E-state index is -0.407. The van der Waals surface area contributed by atoms with Crippen LogP contribution < -0.4 is 10.2 Å². The quantitative estimate of drug-likeness (QED) is 0.865. The number of carbonyl (C=O) groups is 3. The smallest absolute Gasteiger partial charge is 0.409 e. The van der Waals surface area contributed by atoms with E-state index in [9.17, 15) is 18.8 Å². The van der Waals surface area contributed by atoms with Crippen molar-refractivity contribution in [2.45, 2.75) is 32.7 Å². The fraction of sp³-hybridized carbons (Fsp3) is 0.500. The molecule has 3 amide bonds. The number of rotatable bonds is 5. The van der Waals surface area contributed by atoms with Gasteiger partial charge in [0, 0.05) is 31.7 Å². The summed E-state index contributed by atoms with van der Waals surface area (Å²) in [6.07, 6.45) is 0.916. The summed E-state index contributed by atoms with van der Waals surface area (Å²) in [6, 6.07) is 5.35. The van der Waals surface area contributed by atoms with Crippen molar-refractivity contribution in [3.8, 4) is 0 Å². The van der Waals surface area contributed by atoms with Crippen molar-refractivity contribution >= 4 is 23.6 Å². The maximum atomic E-state index is 13.0. The summed E-state index contributed by atoms with van der Waals surface area (Å²) in [5.41, 5.74) is 0.464. The number of halogens is 1. The normalized spacial score (nSPS) is 14.7. The topological polar surface area (TPSA) is 79.0 Å². The number of benzene rings is 1. The number of hydrogen-bond acceptors (Lipinski definition) is 4. The zero-order valence-corrected chi connectivity index (χ0v) is 15.0. The molecule has 1 aromatic rings. The lowest BCUT2D eigenvalue weighted by atomic mass is 10.1. The largest absolute Gasteiger partial charge is 0.450 e. The highest BCUT2D eigenvalue weighted by molar-refractivity contribution is 5.97. The van der Waals surface area contributed by atoms with E-state index in [-0.39, 0.29) is 30.5 Å². The number of anilines is 1. The SMILES string of the molecule is CCOC(=O)N1CCC(NC(=O)CN(C(C)=O)c2ccc(F)cc2)CC1. The Balaban J connectivity index is 1.86. The van der Waals surface area contributed by atoms with Gasteiger partial charge < -0.3 is 19.9 Å². The molecule has 2 rings (SSSR count). The Morgan fingerprint density at radius 2 is 1.85 bits per heavy atom. The minimum Gasteiger partial charge on any atom is -0.450 e. The molecule has 1 aromatic carbocycles. The van der Waals surface area contributed by atoms with E-state index in [1.165, 1.54) is 36.1 Å². The lowest BCUT2D eigenvalue weighted by molar-refractivity contribution is -0.123. The van der Waals surface area contributed by atoms with Crippen LogP contribution in [0.3, 0.4) is 0 Å². The van der Waals surface area contributed by atoms with E-state index in [4.69, 9.17) is 4.74 Å². The van der Waals surface area contributed by atoms with Crippen molar-refractivity contribution in [2.75, 3.05) is 31.1 Å². The maximum absolute atomic E-state index is 13.0. The predicted molar refractivity (Wildman–Crippen MR) is 94.2 cm³/mol. The first-order chi connectivity index (χ1) is 12.4. The van der Waals surface area contributed by atoms with Gasteiger partial charge in [-0.1, -0.05) is 0 Å². The van der Waals surface area contributed by atoms with Gasteiger partial charge in [0.1, 0.15) is 12.4 Å². The van der Waals surface area contributed by atoms with Crippen molar-refractivity contribution in [3.63, 3.8) is 0 Å². The summed E-state index contributed by atoms with van der Waals surface area (Å²) in [5.74, 6) is -1.00. The van der Waals surface area contributed by atoms with Gasteiger partial charge in [0.25, 0.3) is 0 Å². The maximum Gasteiger partial charge on any atom is 0.409 e. The number of ether oxygens (including phenoxy) is 1. The highest BCUT2D eigenvalue weighted by atomic mass is 19.1. The van der Waals surface area contributed by atoms with E-state index in [2.05, 4.69) is 5.32 Å². The fourth-order valence-corrected chi connectivity index (χ4v) is 2.84. The number of nitrogens with zero attached hydrogens (tertiary/aromatic N) is 2. The Hall–Kier alpha value is -2.64. The van der Waals surface area contributed by atoms with Crippen LogP contribution in [-0.4, -0.2) is 55.1 Å². The van der Waals surface area contributed by atoms with E-state index in [0.29, 0.717) is 38.2 Å². The monoisotopic (exact) mass is 365 g/mol. The molecule has 1 aliphatic heterocycles. The van der Waals surface area contributed by atoms with E-state index >= 15 is 0 Å². The molecule has 1 N–H and O–H groups in total. The molecule has 0 spiro atoms. The molecule has 0 aromatic heterocycles. The van der Waals surface area contributed by atoms with E-state index in [1.54, 1.807) is 11.8 Å². The molecular formula is C18H24FN3O4. The van der Waals surface area contributed by atoms with Gasteiger partial charge in [0.15, 0.2) is 0 Å². The van der Waals surface area contributed by atoms with Gasteiger partial charge in [-0.3, -0.25) is 9.59 Å². The molecule has 142 valence electrons. The highest BCUT2D eigenvalue weighted by Crippen LogP contribution is 2.16. The number of amides is 3. The molecule has 0 atom stereocenters. The Bertz CT molecular complexity index is 642. The van der Waals surface area contributed by atoms with Crippen molar-refractivity contribution in [2.24, 2.45) is 0 Å². The van der Waals surface area contributed by atoms with Crippen LogP contribution in [-0.2, 0) is 14.3 Å². The number of hydrogen-bond donors (Lipinski definition) is 1. The number of piperidine rings is 1. The molecule has 1 aliphatic rings. The summed E-state index contributed by atoms with van der Waals surface area (Å²) in [5, 5.41) is 2.89. The van der Waals surface area contributed by atoms with Crippen molar-refractivity contribution in [3.05, 3.63) is 30.1 Å². The van der Waals surface area contributed by atoms with Crippen molar-refractivity contribution in [1.82, 2.24) is 10.2 Å². The second kappa shape index (κ2) is 9.17.